The van der Waals surface area contributed by atoms with Crippen molar-refractivity contribution >= 4 is 5.69 Å². The molecule has 0 radical (unpaired) electrons. The Morgan fingerprint density at radius 1 is 1.46 bits per heavy atom. The van der Waals surface area contributed by atoms with E-state index in [4.69, 9.17) is 5.73 Å². The van der Waals surface area contributed by atoms with Gasteiger partial charge in [0.05, 0.1) is 0 Å². The van der Waals surface area contributed by atoms with Gasteiger partial charge < -0.3 is 11.1 Å². The van der Waals surface area contributed by atoms with Crippen LogP contribution >= 0.6 is 0 Å². The molecule has 13 heavy (non-hydrogen) atoms. The minimum Gasteiger partial charge on any atom is -0.385 e. The van der Waals surface area contributed by atoms with Crippen LogP contribution in [0.15, 0.2) is 18.2 Å². The Balaban J connectivity index is 2.47. The molecule has 3 N–H and O–H groups in total. The van der Waals surface area contributed by atoms with Crippen molar-refractivity contribution in [3.8, 4) is 0 Å². The molecule has 1 aliphatic rings. The van der Waals surface area contributed by atoms with Gasteiger partial charge in [-0.15, -0.1) is 0 Å². The lowest BCUT2D eigenvalue weighted by molar-refractivity contribution is 0.642. The van der Waals surface area contributed by atoms with Crippen molar-refractivity contribution in [3.63, 3.8) is 0 Å². The number of benzene rings is 1. The summed E-state index contributed by atoms with van der Waals surface area (Å²) in [6, 6.07) is 6.56. The normalized spacial score (nSPS) is 21.5. The number of nitrogens with one attached hydrogen (secondary N) is 1. The molecule has 0 aliphatic carbocycles. The van der Waals surface area contributed by atoms with Crippen molar-refractivity contribution in [2.24, 2.45) is 5.73 Å². The number of hydrogen-bond donors (Lipinski definition) is 2. The zero-order chi connectivity index (χ0) is 9.26. The summed E-state index contributed by atoms with van der Waals surface area (Å²) in [4.78, 5) is 0. The first kappa shape index (κ1) is 8.57. The van der Waals surface area contributed by atoms with Crippen LogP contribution in [0.4, 0.5) is 5.69 Å². The monoisotopic (exact) mass is 176 g/mol. The second-order valence-corrected chi connectivity index (χ2v) is 3.71. The molecule has 0 bridgehead atoms. The first-order valence-corrected chi connectivity index (χ1v) is 4.88. The zero-order valence-electron chi connectivity index (χ0n) is 8.01. The highest BCUT2D eigenvalue weighted by atomic mass is 14.9. The van der Waals surface area contributed by atoms with E-state index in [1.54, 1.807) is 0 Å². The smallest absolute Gasteiger partial charge is 0.0418 e. The maximum atomic E-state index is 6.08. The number of nitrogens with two attached hydrogens (primary N) is 1. The Morgan fingerprint density at radius 2 is 2.31 bits per heavy atom. The number of rotatable bonds is 0. The van der Waals surface area contributed by atoms with Crippen LogP contribution in [-0.2, 0) is 0 Å². The van der Waals surface area contributed by atoms with Gasteiger partial charge in [-0.05, 0) is 30.9 Å². The Kier molecular flexibility index (Phi) is 2.23. The van der Waals surface area contributed by atoms with Crippen LogP contribution in [0.1, 0.15) is 30.0 Å². The van der Waals surface area contributed by atoms with Gasteiger partial charge in [-0.3, -0.25) is 0 Å². The molecule has 0 saturated carbocycles. The lowest BCUT2D eigenvalue weighted by Gasteiger charge is -2.14. The van der Waals surface area contributed by atoms with Crippen LogP contribution < -0.4 is 11.1 Å². The van der Waals surface area contributed by atoms with E-state index in [0.717, 1.165) is 19.4 Å². The molecule has 0 amide bonds. The van der Waals surface area contributed by atoms with Crippen LogP contribution in [0, 0.1) is 6.92 Å². The van der Waals surface area contributed by atoms with E-state index in [-0.39, 0.29) is 6.04 Å². The van der Waals surface area contributed by atoms with Crippen molar-refractivity contribution in [1.82, 2.24) is 0 Å². The molecule has 0 fully saturated rings. The summed E-state index contributed by atoms with van der Waals surface area (Å²) in [5.41, 5.74) is 9.91. The van der Waals surface area contributed by atoms with Crippen molar-refractivity contribution in [3.05, 3.63) is 29.3 Å². The number of para-hydroxylation sites is 1. The number of hydrogen-bond acceptors (Lipinski definition) is 2. The lowest BCUT2D eigenvalue weighted by atomic mass is 10.0. The minimum absolute atomic E-state index is 0.213. The summed E-state index contributed by atoms with van der Waals surface area (Å²) >= 11 is 0. The van der Waals surface area contributed by atoms with Gasteiger partial charge in [-0.25, -0.2) is 0 Å². The zero-order valence-corrected chi connectivity index (χ0v) is 8.01. The molecule has 1 heterocycles. The SMILES string of the molecule is Cc1cccc2c1NCCC[C@H]2N. The molecule has 2 rings (SSSR count). The maximum Gasteiger partial charge on any atom is 0.0418 e. The highest BCUT2D eigenvalue weighted by Gasteiger charge is 2.15. The van der Waals surface area contributed by atoms with Gasteiger partial charge in [0.25, 0.3) is 0 Å². The number of fused-ring (bicyclic) bond motifs is 1. The molecule has 70 valence electrons. The molecule has 1 aliphatic heterocycles. The quantitative estimate of drug-likeness (QED) is 0.636. The summed E-state index contributed by atoms with van der Waals surface area (Å²) in [7, 11) is 0. The van der Waals surface area contributed by atoms with E-state index in [0.29, 0.717) is 0 Å². The highest BCUT2D eigenvalue weighted by molar-refractivity contribution is 5.58. The van der Waals surface area contributed by atoms with Crippen LogP contribution in [0.2, 0.25) is 0 Å². The molecule has 0 spiro atoms. The third-order valence-corrected chi connectivity index (χ3v) is 2.70. The van der Waals surface area contributed by atoms with E-state index < -0.39 is 0 Å². The fraction of sp³-hybridized carbons (Fsp3) is 0.455. The van der Waals surface area contributed by atoms with Crippen LogP contribution in [0.5, 0.6) is 0 Å². The van der Waals surface area contributed by atoms with Gasteiger partial charge in [0, 0.05) is 18.3 Å². The second kappa shape index (κ2) is 3.38. The van der Waals surface area contributed by atoms with Crippen LogP contribution in [0.3, 0.4) is 0 Å². The molecule has 0 unspecified atom stereocenters. The fourth-order valence-corrected chi connectivity index (χ4v) is 1.93. The predicted molar refractivity (Wildman–Crippen MR) is 55.8 cm³/mol. The molecule has 0 aromatic heterocycles. The second-order valence-electron chi connectivity index (χ2n) is 3.71. The fourth-order valence-electron chi connectivity index (χ4n) is 1.93. The van der Waals surface area contributed by atoms with E-state index >= 15 is 0 Å². The summed E-state index contributed by atoms with van der Waals surface area (Å²) in [5, 5.41) is 3.44. The third-order valence-electron chi connectivity index (χ3n) is 2.70. The molecule has 1 atom stereocenters. The van der Waals surface area contributed by atoms with E-state index in [2.05, 4.69) is 30.4 Å². The average molecular weight is 176 g/mol. The molecule has 1 aromatic rings. The van der Waals surface area contributed by atoms with Crippen molar-refractivity contribution in [2.45, 2.75) is 25.8 Å². The summed E-state index contributed by atoms with van der Waals surface area (Å²) in [6.45, 7) is 3.18. The summed E-state index contributed by atoms with van der Waals surface area (Å²) in [6.07, 6.45) is 2.25. The van der Waals surface area contributed by atoms with E-state index in [1.807, 2.05) is 0 Å². The topological polar surface area (TPSA) is 38.0 Å². The molecule has 0 saturated heterocycles. The van der Waals surface area contributed by atoms with Gasteiger partial charge >= 0.3 is 0 Å². The standard InChI is InChI=1S/C11H16N2/c1-8-4-2-5-9-10(12)6-3-7-13-11(8)9/h2,4-5,10,13H,3,6-7,12H2,1H3/t10-/m1/s1. The van der Waals surface area contributed by atoms with Crippen LogP contribution in [-0.4, -0.2) is 6.54 Å². The van der Waals surface area contributed by atoms with Crippen molar-refractivity contribution in [2.75, 3.05) is 11.9 Å². The number of aryl methyl sites for hydroxylation is 1. The first-order valence-electron chi connectivity index (χ1n) is 4.88. The Labute approximate surface area is 79.1 Å². The predicted octanol–water partition coefficient (Wildman–Crippen LogP) is 2.20. The average Bonchev–Trinajstić information content (AvgIpc) is 2.30. The third kappa shape index (κ3) is 1.54. The van der Waals surface area contributed by atoms with E-state index in [1.165, 1.54) is 16.8 Å². The highest BCUT2D eigenvalue weighted by Crippen LogP contribution is 2.29. The van der Waals surface area contributed by atoms with Crippen LogP contribution in [0.25, 0.3) is 0 Å². The molecular formula is C11H16N2. The van der Waals surface area contributed by atoms with Gasteiger partial charge in [-0.1, -0.05) is 18.2 Å². The van der Waals surface area contributed by atoms with E-state index in [9.17, 15) is 0 Å². The van der Waals surface area contributed by atoms with Gasteiger partial charge in [0.15, 0.2) is 0 Å². The van der Waals surface area contributed by atoms with Gasteiger partial charge in [0.2, 0.25) is 0 Å². The Bertz CT molecular complexity index is 307. The summed E-state index contributed by atoms with van der Waals surface area (Å²) in [5.74, 6) is 0. The molecule has 2 heteroatoms. The van der Waals surface area contributed by atoms with Crippen molar-refractivity contribution in [1.29, 1.82) is 0 Å². The first-order chi connectivity index (χ1) is 6.29. The maximum absolute atomic E-state index is 6.08. The Morgan fingerprint density at radius 3 is 3.15 bits per heavy atom. The molecular weight excluding hydrogens is 160 g/mol. The van der Waals surface area contributed by atoms with Gasteiger partial charge in [0.1, 0.15) is 0 Å². The molecule has 2 nitrogen and oxygen atoms in total. The molecule has 1 aromatic carbocycles. The van der Waals surface area contributed by atoms with Gasteiger partial charge in [-0.2, -0.15) is 0 Å². The minimum atomic E-state index is 0.213. The largest absolute Gasteiger partial charge is 0.385 e. The summed E-state index contributed by atoms with van der Waals surface area (Å²) < 4.78 is 0. The van der Waals surface area contributed by atoms with Crippen molar-refractivity contribution < 1.29 is 0 Å². The lowest BCUT2D eigenvalue weighted by Crippen LogP contribution is -2.09. The number of anilines is 1. The Hall–Kier alpha value is -1.02.